The molecule has 0 bridgehead atoms. The van der Waals surface area contributed by atoms with Gasteiger partial charge in [0.05, 0.1) is 18.2 Å². The second-order valence-electron chi connectivity index (χ2n) is 5.33. The minimum Gasteiger partial charge on any atom is -0.480 e. The fraction of sp³-hybridized carbons (Fsp3) is 0.111. The summed E-state index contributed by atoms with van der Waals surface area (Å²) in [7, 11) is 1.58. The first kappa shape index (κ1) is 14.3. The van der Waals surface area contributed by atoms with Crippen LogP contribution in [0.2, 0.25) is 0 Å². The maximum Gasteiger partial charge on any atom is 0.276 e. The lowest BCUT2D eigenvalue weighted by molar-refractivity contribution is 0.399. The van der Waals surface area contributed by atoms with Gasteiger partial charge in [0.2, 0.25) is 11.7 Å². The molecule has 3 heterocycles. The number of hydrogen-bond donors (Lipinski definition) is 0. The summed E-state index contributed by atoms with van der Waals surface area (Å²) in [5.74, 6) is 1.24. The summed E-state index contributed by atoms with van der Waals surface area (Å²) in [4.78, 5) is 13.2. The molecule has 0 unspecified atom stereocenters. The van der Waals surface area contributed by atoms with Gasteiger partial charge < -0.3 is 9.26 Å². The Labute approximate surface area is 138 Å². The number of pyridine rings is 2. The summed E-state index contributed by atoms with van der Waals surface area (Å²) in [5, 5.41) is 5.05. The topological polar surface area (TPSA) is 73.9 Å². The van der Waals surface area contributed by atoms with Crippen molar-refractivity contribution < 1.29 is 9.26 Å². The molecule has 118 valence electrons. The monoisotopic (exact) mass is 318 g/mol. The molecule has 0 aliphatic carbocycles. The molecule has 24 heavy (non-hydrogen) atoms. The Morgan fingerprint density at radius 3 is 2.75 bits per heavy atom. The van der Waals surface area contributed by atoms with Gasteiger partial charge >= 0.3 is 0 Å². The Bertz CT molecular complexity index is 1010. The molecular weight excluding hydrogens is 304 g/mol. The molecule has 0 saturated carbocycles. The fourth-order valence-electron chi connectivity index (χ4n) is 2.57. The average Bonchev–Trinajstić information content (AvgIpc) is 3.12. The number of para-hydroxylation sites is 1. The van der Waals surface area contributed by atoms with Crippen molar-refractivity contribution in [1.82, 2.24) is 20.1 Å². The van der Waals surface area contributed by atoms with E-state index in [1.54, 1.807) is 13.3 Å². The molecule has 0 atom stereocenters. The summed E-state index contributed by atoms with van der Waals surface area (Å²) in [5.41, 5.74) is 3.28. The maximum atomic E-state index is 5.43. The largest absolute Gasteiger partial charge is 0.480 e. The van der Waals surface area contributed by atoms with E-state index in [1.165, 1.54) is 0 Å². The zero-order valence-corrected chi connectivity index (χ0v) is 13.2. The highest BCUT2D eigenvalue weighted by Gasteiger charge is 2.17. The first-order valence-electron chi connectivity index (χ1n) is 7.46. The number of methoxy groups -OCH3 is 1. The minimum atomic E-state index is 0.358. The van der Waals surface area contributed by atoms with Crippen molar-refractivity contribution in [3.63, 3.8) is 0 Å². The van der Waals surface area contributed by atoms with E-state index in [4.69, 9.17) is 9.26 Å². The van der Waals surface area contributed by atoms with E-state index in [2.05, 4.69) is 20.1 Å². The Hall–Kier alpha value is -3.28. The molecule has 0 fully saturated rings. The number of nitrogens with zero attached hydrogens (tertiary/aromatic N) is 4. The van der Waals surface area contributed by atoms with Gasteiger partial charge in [-0.1, -0.05) is 29.4 Å². The predicted octanol–water partition coefficient (Wildman–Crippen LogP) is 3.66. The molecule has 0 aliphatic heterocycles. The lowest BCUT2D eigenvalue weighted by Gasteiger charge is -2.08. The van der Waals surface area contributed by atoms with Crippen LogP contribution in [0.1, 0.15) is 5.56 Å². The van der Waals surface area contributed by atoms with Crippen LogP contribution in [-0.4, -0.2) is 27.2 Å². The number of benzene rings is 1. The van der Waals surface area contributed by atoms with Crippen LogP contribution < -0.4 is 4.74 Å². The molecule has 6 nitrogen and oxygen atoms in total. The molecule has 0 amide bonds. The van der Waals surface area contributed by atoms with E-state index in [9.17, 15) is 0 Å². The Morgan fingerprint density at radius 2 is 1.96 bits per heavy atom. The third-order valence-electron chi connectivity index (χ3n) is 3.76. The van der Waals surface area contributed by atoms with Gasteiger partial charge in [-0.15, -0.1) is 0 Å². The standard InChI is InChI=1S/C18H14N4O2/c1-11-6-5-7-12-10-13(17(23-2)20-15(11)12)16-21-18(24-22-16)14-8-3-4-9-19-14/h3-10H,1-2H3. The van der Waals surface area contributed by atoms with Gasteiger partial charge in [0.1, 0.15) is 5.69 Å². The fourth-order valence-corrected chi connectivity index (χ4v) is 2.57. The van der Waals surface area contributed by atoms with Crippen LogP contribution in [0.25, 0.3) is 33.9 Å². The average molecular weight is 318 g/mol. The number of aromatic nitrogens is 4. The Morgan fingerprint density at radius 1 is 1.04 bits per heavy atom. The van der Waals surface area contributed by atoms with E-state index >= 15 is 0 Å². The lowest BCUT2D eigenvalue weighted by Crippen LogP contribution is -1.95. The molecule has 4 aromatic rings. The smallest absolute Gasteiger partial charge is 0.276 e. The number of fused-ring (bicyclic) bond motifs is 1. The molecule has 3 aromatic heterocycles. The number of hydrogen-bond acceptors (Lipinski definition) is 6. The molecule has 4 rings (SSSR count). The SMILES string of the molecule is COc1nc2c(C)cccc2cc1-c1noc(-c2ccccn2)n1. The zero-order chi connectivity index (χ0) is 16.5. The molecule has 1 aromatic carbocycles. The first-order chi connectivity index (χ1) is 11.8. The van der Waals surface area contributed by atoms with Crippen LogP contribution in [0, 0.1) is 6.92 Å². The van der Waals surface area contributed by atoms with Gasteiger partial charge in [-0.3, -0.25) is 4.98 Å². The van der Waals surface area contributed by atoms with Crippen LogP contribution in [0.15, 0.2) is 53.2 Å². The third-order valence-corrected chi connectivity index (χ3v) is 3.76. The van der Waals surface area contributed by atoms with E-state index in [0.717, 1.165) is 16.5 Å². The van der Waals surface area contributed by atoms with Crippen LogP contribution in [0.3, 0.4) is 0 Å². The van der Waals surface area contributed by atoms with E-state index in [1.807, 2.05) is 49.4 Å². The van der Waals surface area contributed by atoms with Crippen LogP contribution in [0.5, 0.6) is 5.88 Å². The zero-order valence-electron chi connectivity index (χ0n) is 13.2. The van der Waals surface area contributed by atoms with Crippen LogP contribution in [-0.2, 0) is 0 Å². The summed E-state index contributed by atoms with van der Waals surface area (Å²) >= 11 is 0. The second-order valence-corrected chi connectivity index (χ2v) is 5.33. The predicted molar refractivity (Wildman–Crippen MR) is 89.6 cm³/mol. The summed E-state index contributed by atoms with van der Waals surface area (Å²) in [6.45, 7) is 2.02. The van der Waals surface area contributed by atoms with Gasteiger partial charge in [0, 0.05) is 11.6 Å². The van der Waals surface area contributed by atoms with Crippen molar-refractivity contribution in [2.75, 3.05) is 7.11 Å². The highest BCUT2D eigenvalue weighted by molar-refractivity contribution is 5.87. The van der Waals surface area contributed by atoms with Crippen LogP contribution in [0.4, 0.5) is 0 Å². The van der Waals surface area contributed by atoms with Crippen molar-refractivity contribution in [3.8, 4) is 28.9 Å². The van der Waals surface area contributed by atoms with Crippen molar-refractivity contribution in [3.05, 3.63) is 54.2 Å². The van der Waals surface area contributed by atoms with Crippen molar-refractivity contribution in [2.45, 2.75) is 6.92 Å². The highest BCUT2D eigenvalue weighted by Crippen LogP contribution is 2.31. The second kappa shape index (κ2) is 5.73. The van der Waals surface area contributed by atoms with E-state index in [0.29, 0.717) is 28.9 Å². The molecule has 0 spiro atoms. The number of aryl methyl sites for hydroxylation is 1. The molecule has 0 radical (unpaired) electrons. The van der Waals surface area contributed by atoms with Gasteiger partial charge in [0.15, 0.2) is 0 Å². The van der Waals surface area contributed by atoms with Gasteiger partial charge in [-0.05, 0) is 30.7 Å². The quantitative estimate of drug-likeness (QED) is 0.574. The molecule has 6 heteroatoms. The normalized spacial score (nSPS) is 10.9. The molecular formula is C18H14N4O2. The van der Waals surface area contributed by atoms with E-state index < -0.39 is 0 Å². The highest BCUT2D eigenvalue weighted by atomic mass is 16.5. The van der Waals surface area contributed by atoms with Crippen molar-refractivity contribution in [1.29, 1.82) is 0 Å². The van der Waals surface area contributed by atoms with E-state index in [-0.39, 0.29) is 0 Å². The third kappa shape index (κ3) is 2.38. The first-order valence-corrected chi connectivity index (χ1v) is 7.46. The van der Waals surface area contributed by atoms with Crippen molar-refractivity contribution >= 4 is 10.9 Å². The van der Waals surface area contributed by atoms with Gasteiger partial charge in [0.25, 0.3) is 5.89 Å². The van der Waals surface area contributed by atoms with Crippen molar-refractivity contribution in [2.24, 2.45) is 0 Å². The Kier molecular flexibility index (Phi) is 3.42. The summed E-state index contributed by atoms with van der Waals surface area (Å²) < 4.78 is 10.8. The number of rotatable bonds is 3. The molecule has 0 saturated heterocycles. The minimum absolute atomic E-state index is 0.358. The molecule has 0 aliphatic rings. The summed E-state index contributed by atoms with van der Waals surface area (Å²) in [6.07, 6.45) is 1.68. The number of ether oxygens (including phenoxy) is 1. The Balaban J connectivity index is 1.86. The lowest BCUT2D eigenvalue weighted by atomic mass is 10.1. The van der Waals surface area contributed by atoms with Crippen LogP contribution >= 0.6 is 0 Å². The summed E-state index contributed by atoms with van der Waals surface area (Å²) in [6, 6.07) is 13.5. The van der Waals surface area contributed by atoms with Gasteiger partial charge in [-0.2, -0.15) is 4.98 Å². The maximum absolute atomic E-state index is 5.43. The van der Waals surface area contributed by atoms with Gasteiger partial charge in [-0.25, -0.2) is 4.98 Å². The molecule has 0 N–H and O–H groups in total.